The Bertz CT molecular complexity index is 286. The lowest BCUT2D eigenvalue weighted by Gasteiger charge is -2.17. The lowest BCUT2D eigenvalue weighted by atomic mass is 10.1. The Morgan fingerprint density at radius 1 is 1.56 bits per heavy atom. The first-order valence-electron chi connectivity index (χ1n) is 6.51. The fourth-order valence-electron chi connectivity index (χ4n) is 2.64. The van der Waals surface area contributed by atoms with Crippen molar-refractivity contribution in [1.29, 1.82) is 0 Å². The van der Waals surface area contributed by atoms with E-state index in [0.29, 0.717) is 5.91 Å². The molecule has 3 heteroatoms. The van der Waals surface area contributed by atoms with Crippen molar-refractivity contribution < 1.29 is 4.79 Å². The summed E-state index contributed by atoms with van der Waals surface area (Å²) in [7, 11) is 0. The maximum Gasteiger partial charge on any atom is 0.239 e. The van der Waals surface area contributed by atoms with Crippen molar-refractivity contribution in [1.82, 2.24) is 10.2 Å². The van der Waals surface area contributed by atoms with Gasteiger partial charge in [-0.1, -0.05) is 18.6 Å². The zero-order chi connectivity index (χ0) is 11.4. The van der Waals surface area contributed by atoms with E-state index in [-0.39, 0.29) is 6.04 Å². The molecule has 0 aromatic carbocycles. The highest BCUT2D eigenvalue weighted by atomic mass is 16.2. The lowest BCUT2D eigenvalue weighted by molar-refractivity contribution is -0.129. The minimum absolute atomic E-state index is 0.0857. The van der Waals surface area contributed by atoms with Crippen molar-refractivity contribution >= 4 is 5.91 Å². The van der Waals surface area contributed by atoms with Crippen LogP contribution >= 0.6 is 0 Å². The SMILES string of the molecule is CCNC1CCN(CCC2=CCCC2)C1=O. The van der Waals surface area contributed by atoms with E-state index in [2.05, 4.69) is 18.3 Å². The fraction of sp³-hybridized carbons (Fsp3) is 0.769. The van der Waals surface area contributed by atoms with Crippen LogP contribution in [0.2, 0.25) is 0 Å². The molecule has 90 valence electrons. The van der Waals surface area contributed by atoms with Crippen molar-refractivity contribution in [2.45, 2.75) is 45.1 Å². The molecule has 1 amide bonds. The third-order valence-electron chi connectivity index (χ3n) is 3.59. The van der Waals surface area contributed by atoms with Crippen LogP contribution in [0.4, 0.5) is 0 Å². The first kappa shape index (κ1) is 11.6. The summed E-state index contributed by atoms with van der Waals surface area (Å²) >= 11 is 0. The molecule has 3 nitrogen and oxygen atoms in total. The third-order valence-corrected chi connectivity index (χ3v) is 3.59. The third kappa shape index (κ3) is 2.64. The smallest absolute Gasteiger partial charge is 0.239 e. The van der Waals surface area contributed by atoms with Gasteiger partial charge in [0.05, 0.1) is 6.04 Å². The molecule has 0 saturated carbocycles. The van der Waals surface area contributed by atoms with Crippen LogP contribution < -0.4 is 5.32 Å². The van der Waals surface area contributed by atoms with Gasteiger partial charge in [-0.15, -0.1) is 0 Å². The van der Waals surface area contributed by atoms with E-state index < -0.39 is 0 Å². The number of hydrogen-bond donors (Lipinski definition) is 1. The van der Waals surface area contributed by atoms with E-state index in [9.17, 15) is 4.79 Å². The first-order chi connectivity index (χ1) is 7.81. The second kappa shape index (κ2) is 5.48. The number of carbonyl (C=O) groups excluding carboxylic acids is 1. The molecule has 0 aromatic heterocycles. The quantitative estimate of drug-likeness (QED) is 0.718. The van der Waals surface area contributed by atoms with Crippen LogP contribution in [0, 0.1) is 0 Å². The van der Waals surface area contributed by atoms with Gasteiger partial charge in [0.15, 0.2) is 0 Å². The van der Waals surface area contributed by atoms with Crippen LogP contribution in [-0.2, 0) is 4.79 Å². The van der Waals surface area contributed by atoms with Crippen molar-refractivity contribution in [3.63, 3.8) is 0 Å². The number of nitrogens with zero attached hydrogens (tertiary/aromatic N) is 1. The van der Waals surface area contributed by atoms with Crippen molar-refractivity contribution in [2.75, 3.05) is 19.6 Å². The summed E-state index contributed by atoms with van der Waals surface area (Å²) in [6.45, 7) is 4.80. The van der Waals surface area contributed by atoms with Crippen molar-refractivity contribution in [3.05, 3.63) is 11.6 Å². The van der Waals surface area contributed by atoms with E-state index in [1.165, 1.54) is 19.3 Å². The van der Waals surface area contributed by atoms with E-state index >= 15 is 0 Å². The predicted molar refractivity (Wildman–Crippen MR) is 65.2 cm³/mol. The second-order valence-electron chi connectivity index (χ2n) is 4.73. The van der Waals surface area contributed by atoms with E-state index in [1.807, 2.05) is 4.90 Å². The average molecular weight is 222 g/mol. The van der Waals surface area contributed by atoms with E-state index in [4.69, 9.17) is 0 Å². The molecule has 0 aromatic rings. The number of hydrogen-bond acceptors (Lipinski definition) is 2. The lowest BCUT2D eigenvalue weighted by Crippen LogP contribution is -2.38. The molecule has 1 aliphatic carbocycles. The van der Waals surface area contributed by atoms with Gasteiger partial charge in [-0.05, 0) is 38.6 Å². The summed E-state index contributed by atoms with van der Waals surface area (Å²) < 4.78 is 0. The van der Waals surface area contributed by atoms with Gasteiger partial charge in [-0.3, -0.25) is 4.79 Å². The Morgan fingerprint density at radius 3 is 3.12 bits per heavy atom. The minimum Gasteiger partial charge on any atom is -0.341 e. The topological polar surface area (TPSA) is 32.3 Å². The monoisotopic (exact) mass is 222 g/mol. The summed E-state index contributed by atoms with van der Waals surface area (Å²) in [5, 5.41) is 3.25. The summed E-state index contributed by atoms with van der Waals surface area (Å²) in [5.41, 5.74) is 1.56. The van der Waals surface area contributed by atoms with Crippen LogP contribution in [0.25, 0.3) is 0 Å². The van der Waals surface area contributed by atoms with Gasteiger partial charge in [0.1, 0.15) is 0 Å². The molecule has 0 spiro atoms. The van der Waals surface area contributed by atoms with Gasteiger partial charge in [0, 0.05) is 13.1 Å². The first-order valence-corrected chi connectivity index (χ1v) is 6.51. The van der Waals surface area contributed by atoms with Crippen LogP contribution in [0.15, 0.2) is 11.6 Å². The molecule has 2 aliphatic rings. The zero-order valence-electron chi connectivity index (χ0n) is 10.2. The number of likely N-dealkylation sites (N-methyl/N-ethyl adjacent to an activating group) is 1. The Morgan fingerprint density at radius 2 is 2.44 bits per heavy atom. The second-order valence-corrected chi connectivity index (χ2v) is 4.73. The standard InChI is InChI=1S/C13H22N2O/c1-2-14-12-8-10-15(13(12)16)9-7-11-5-3-4-6-11/h5,12,14H,2-4,6-10H2,1H3. The summed E-state index contributed by atoms with van der Waals surface area (Å²) in [6, 6.07) is 0.0857. The number of nitrogens with one attached hydrogen (secondary N) is 1. The molecule has 1 atom stereocenters. The fourth-order valence-corrected chi connectivity index (χ4v) is 2.64. The van der Waals surface area contributed by atoms with Crippen LogP contribution in [0.5, 0.6) is 0 Å². The number of carbonyl (C=O) groups is 1. The van der Waals surface area contributed by atoms with Crippen LogP contribution in [-0.4, -0.2) is 36.5 Å². The molecule has 1 unspecified atom stereocenters. The molecule has 1 heterocycles. The van der Waals surface area contributed by atoms with Gasteiger partial charge >= 0.3 is 0 Å². The molecule has 1 aliphatic heterocycles. The summed E-state index contributed by atoms with van der Waals surface area (Å²) in [5.74, 6) is 0.306. The van der Waals surface area contributed by atoms with Gasteiger partial charge in [-0.25, -0.2) is 0 Å². The van der Waals surface area contributed by atoms with E-state index in [1.54, 1.807) is 5.57 Å². The largest absolute Gasteiger partial charge is 0.341 e. The molecule has 1 fully saturated rings. The molecule has 0 radical (unpaired) electrons. The minimum atomic E-state index is 0.0857. The van der Waals surface area contributed by atoms with E-state index in [0.717, 1.165) is 32.5 Å². The van der Waals surface area contributed by atoms with Gasteiger partial charge in [0.25, 0.3) is 0 Å². The number of amides is 1. The molecule has 1 N–H and O–H groups in total. The molecular weight excluding hydrogens is 200 g/mol. The maximum absolute atomic E-state index is 11.9. The van der Waals surface area contributed by atoms with Crippen molar-refractivity contribution in [2.24, 2.45) is 0 Å². The van der Waals surface area contributed by atoms with Crippen LogP contribution in [0.3, 0.4) is 0 Å². The average Bonchev–Trinajstić information content (AvgIpc) is 2.89. The Kier molecular flexibility index (Phi) is 3.99. The number of likely N-dealkylation sites (tertiary alicyclic amines) is 1. The number of allylic oxidation sites excluding steroid dienone is 1. The highest BCUT2D eigenvalue weighted by molar-refractivity contribution is 5.83. The van der Waals surface area contributed by atoms with Crippen LogP contribution in [0.1, 0.15) is 39.0 Å². The molecule has 2 rings (SSSR count). The van der Waals surface area contributed by atoms with Crippen molar-refractivity contribution in [3.8, 4) is 0 Å². The summed E-state index contributed by atoms with van der Waals surface area (Å²) in [6.07, 6.45) is 8.21. The molecule has 16 heavy (non-hydrogen) atoms. The maximum atomic E-state index is 11.9. The Labute approximate surface area is 97.9 Å². The number of rotatable bonds is 5. The highest BCUT2D eigenvalue weighted by Gasteiger charge is 2.30. The predicted octanol–water partition coefficient (Wildman–Crippen LogP) is 1.70. The summed E-state index contributed by atoms with van der Waals surface area (Å²) in [4.78, 5) is 14.0. The normalized spacial score (nSPS) is 25.3. The van der Waals surface area contributed by atoms with Gasteiger partial charge in [-0.2, -0.15) is 0 Å². The Balaban J connectivity index is 1.76. The molecular formula is C13H22N2O. The zero-order valence-corrected chi connectivity index (χ0v) is 10.2. The molecule has 1 saturated heterocycles. The Hall–Kier alpha value is -0.830. The molecule has 0 bridgehead atoms. The van der Waals surface area contributed by atoms with Gasteiger partial charge < -0.3 is 10.2 Å². The highest BCUT2D eigenvalue weighted by Crippen LogP contribution is 2.22. The van der Waals surface area contributed by atoms with Gasteiger partial charge in [0.2, 0.25) is 5.91 Å².